The number of fused-ring (bicyclic) bond motifs is 1. The van der Waals surface area contributed by atoms with Crippen LogP contribution in [0.5, 0.6) is 5.75 Å². The van der Waals surface area contributed by atoms with E-state index in [0.29, 0.717) is 59.4 Å². The Morgan fingerprint density at radius 3 is 2.30 bits per heavy atom. The molecule has 0 bridgehead atoms. The summed E-state index contributed by atoms with van der Waals surface area (Å²) in [7, 11) is 0. The van der Waals surface area contributed by atoms with Gasteiger partial charge in [0.05, 0.1) is 16.7 Å². The zero-order valence-electron chi connectivity index (χ0n) is 31.2. The lowest BCUT2D eigenvalue weighted by atomic mass is 9.86. The number of piperazine rings is 1. The quantitative estimate of drug-likeness (QED) is 0.262. The lowest BCUT2D eigenvalue weighted by Crippen LogP contribution is -2.52. The molecule has 1 N–H and O–H groups in total. The number of ether oxygens (including phenoxy) is 1. The summed E-state index contributed by atoms with van der Waals surface area (Å²) in [5.74, 6) is 1.98. The number of carbonyl (C=O) groups is 4. The van der Waals surface area contributed by atoms with E-state index in [-0.39, 0.29) is 36.2 Å². The number of hydrogen-bond acceptors (Lipinski definition) is 11. The van der Waals surface area contributed by atoms with Crippen LogP contribution in [0.3, 0.4) is 0 Å². The summed E-state index contributed by atoms with van der Waals surface area (Å²) < 4.78 is 6.14. The molecular formula is C41H44ClN9O5. The van der Waals surface area contributed by atoms with Crippen molar-refractivity contribution in [1.29, 1.82) is 5.26 Å². The van der Waals surface area contributed by atoms with E-state index in [2.05, 4.69) is 42.3 Å². The molecule has 1 atom stereocenters. The lowest BCUT2D eigenvalue weighted by molar-refractivity contribution is -0.137. The van der Waals surface area contributed by atoms with Crippen LogP contribution in [0, 0.1) is 17.2 Å². The number of nitrogens with one attached hydrogen (secondary N) is 1. The van der Waals surface area contributed by atoms with Crippen LogP contribution in [-0.2, 0) is 20.9 Å². The molecule has 1 spiro atoms. The average Bonchev–Trinajstić information content (AvgIpc) is 3.63. The summed E-state index contributed by atoms with van der Waals surface area (Å²) in [5.41, 5.74) is 2.57. The maximum absolute atomic E-state index is 13.1. The van der Waals surface area contributed by atoms with E-state index in [4.69, 9.17) is 21.6 Å². The number of hydrogen-bond donors (Lipinski definition) is 1. The van der Waals surface area contributed by atoms with Crippen LogP contribution >= 0.6 is 11.6 Å². The topological polar surface area (TPSA) is 155 Å². The van der Waals surface area contributed by atoms with Gasteiger partial charge < -0.3 is 19.4 Å². The molecule has 3 aromatic rings. The van der Waals surface area contributed by atoms with Crippen molar-refractivity contribution >= 4 is 52.6 Å². The number of piperidine rings is 2. The maximum Gasteiger partial charge on any atom is 0.255 e. The number of halogens is 1. The molecule has 4 amide bonds. The van der Waals surface area contributed by atoms with Crippen LogP contribution in [0.2, 0.25) is 5.02 Å². The SMILES string of the molecule is N#Cc1ccc(OC2CCC3(CC2)C(=O)N3c2ccc(N3CCC(CN4CCN(c5ccc6c(c5)CN(C5CCC(=O)NC5=O)C6=O)CC4)CC3)nn2)cc1Cl. The number of nitriles is 1. The predicted molar refractivity (Wildman–Crippen MR) is 207 cm³/mol. The van der Waals surface area contributed by atoms with Gasteiger partial charge in [0.25, 0.3) is 11.8 Å². The molecule has 56 heavy (non-hydrogen) atoms. The number of anilines is 3. The van der Waals surface area contributed by atoms with Gasteiger partial charge in [-0.2, -0.15) is 5.26 Å². The number of carbonyl (C=O) groups excluding carboxylic acids is 4. The van der Waals surface area contributed by atoms with Crippen LogP contribution in [0.1, 0.15) is 72.9 Å². The third kappa shape index (κ3) is 6.81. The van der Waals surface area contributed by atoms with E-state index in [1.807, 2.05) is 24.3 Å². The molecule has 1 aliphatic carbocycles. The third-order valence-corrected chi connectivity index (χ3v) is 13.0. The molecule has 1 aromatic heterocycles. The number of rotatable bonds is 8. The van der Waals surface area contributed by atoms with Crippen LogP contribution in [0.15, 0.2) is 48.5 Å². The van der Waals surface area contributed by atoms with E-state index in [1.165, 1.54) is 0 Å². The fraction of sp³-hybridized carbons (Fsp3) is 0.488. The number of aromatic nitrogens is 2. The number of nitrogens with zero attached hydrogens (tertiary/aromatic N) is 8. The van der Waals surface area contributed by atoms with Crippen molar-refractivity contribution < 1.29 is 23.9 Å². The van der Waals surface area contributed by atoms with Gasteiger partial charge >= 0.3 is 0 Å². The normalized spacial score (nSPS) is 25.7. The minimum Gasteiger partial charge on any atom is -0.490 e. The Labute approximate surface area is 330 Å². The molecule has 5 fully saturated rings. The third-order valence-electron chi connectivity index (χ3n) is 12.7. The van der Waals surface area contributed by atoms with Gasteiger partial charge in [-0.25, -0.2) is 0 Å². The first-order valence-corrected chi connectivity index (χ1v) is 20.1. The molecule has 2 aromatic carbocycles. The molecule has 9 rings (SSSR count). The van der Waals surface area contributed by atoms with Crippen molar-refractivity contribution in [3.05, 3.63) is 70.2 Å². The highest BCUT2D eigenvalue weighted by Crippen LogP contribution is 2.49. The van der Waals surface area contributed by atoms with E-state index in [0.717, 1.165) is 88.6 Å². The zero-order chi connectivity index (χ0) is 38.6. The van der Waals surface area contributed by atoms with E-state index in [1.54, 1.807) is 28.0 Å². The van der Waals surface area contributed by atoms with Crippen LogP contribution in [0.25, 0.3) is 0 Å². The average molecular weight is 778 g/mol. The number of benzene rings is 2. The molecule has 6 heterocycles. The first-order chi connectivity index (χ1) is 27.2. The Balaban J connectivity index is 0.715. The fourth-order valence-electron chi connectivity index (χ4n) is 9.36. The van der Waals surface area contributed by atoms with Crippen molar-refractivity contribution in [3.63, 3.8) is 0 Å². The summed E-state index contributed by atoms with van der Waals surface area (Å²) in [6.45, 7) is 7.06. The molecule has 1 saturated carbocycles. The Hall–Kier alpha value is -5.26. The van der Waals surface area contributed by atoms with E-state index in [9.17, 15) is 19.2 Å². The molecule has 14 nitrogen and oxygen atoms in total. The summed E-state index contributed by atoms with van der Waals surface area (Å²) in [5, 5.41) is 20.9. The van der Waals surface area contributed by atoms with Gasteiger partial charge in [-0.3, -0.25) is 34.3 Å². The predicted octanol–water partition coefficient (Wildman–Crippen LogP) is 3.91. The smallest absolute Gasteiger partial charge is 0.255 e. The summed E-state index contributed by atoms with van der Waals surface area (Å²) >= 11 is 6.18. The Kier molecular flexibility index (Phi) is 9.53. The highest BCUT2D eigenvalue weighted by atomic mass is 35.5. The lowest BCUT2D eigenvalue weighted by Gasteiger charge is -2.39. The molecule has 15 heteroatoms. The van der Waals surface area contributed by atoms with E-state index >= 15 is 0 Å². The van der Waals surface area contributed by atoms with Gasteiger partial charge in [-0.05, 0) is 98.9 Å². The van der Waals surface area contributed by atoms with Gasteiger partial charge in [0.2, 0.25) is 11.8 Å². The van der Waals surface area contributed by atoms with Gasteiger partial charge in [0, 0.05) is 76.1 Å². The minimum atomic E-state index is -0.603. The molecular weight excluding hydrogens is 734 g/mol. The largest absolute Gasteiger partial charge is 0.490 e. The second-order valence-corrected chi connectivity index (χ2v) is 16.4. The standard InChI is InChI=1S/C41H44ClN9O5/c42-33-22-31(3-1-27(33)23-43)56-30-9-13-41(14-10-30)40(55)51(41)36-7-6-35(45-46-36)49-15-11-26(12-16-49)24-47-17-19-48(20-18-47)29-2-4-32-28(21-29)25-50(39(32)54)34-5-8-37(52)44-38(34)53/h1-4,6-7,21-22,26,30,34H,5,8-20,24-25H2,(H,44,52,53). The van der Waals surface area contributed by atoms with Crippen LogP contribution < -0.4 is 24.8 Å². The first-order valence-electron chi connectivity index (χ1n) is 19.7. The molecule has 4 saturated heterocycles. The number of imide groups is 1. The highest BCUT2D eigenvalue weighted by Gasteiger charge is 2.64. The molecule has 5 aliphatic heterocycles. The van der Waals surface area contributed by atoms with Gasteiger partial charge in [-0.15, -0.1) is 10.2 Å². The van der Waals surface area contributed by atoms with Crippen molar-refractivity contribution in [3.8, 4) is 11.8 Å². The summed E-state index contributed by atoms with van der Waals surface area (Å²) in [6.07, 6.45) is 5.61. The Bertz CT molecular complexity index is 2100. The minimum absolute atomic E-state index is 0.0201. The molecule has 6 aliphatic rings. The van der Waals surface area contributed by atoms with Crippen LogP contribution in [0.4, 0.5) is 17.3 Å². The zero-order valence-corrected chi connectivity index (χ0v) is 31.9. The molecule has 0 radical (unpaired) electrons. The summed E-state index contributed by atoms with van der Waals surface area (Å²) in [4.78, 5) is 60.9. The van der Waals surface area contributed by atoms with Crippen molar-refractivity contribution in [2.75, 3.05) is 60.5 Å². The first kappa shape index (κ1) is 36.4. The van der Waals surface area contributed by atoms with Crippen molar-refractivity contribution in [2.45, 2.75) is 75.6 Å². The van der Waals surface area contributed by atoms with E-state index < -0.39 is 11.6 Å². The summed E-state index contributed by atoms with van der Waals surface area (Å²) in [6, 6.07) is 16.5. The van der Waals surface area contributed by atoms with Gasteiger partial charge in [-0.1, -0.05) is 11.6 Å². The van der Waals surface area contributed by atoms with Crippen molar-refractivity contribution in [1.82, 2.24) is 25.3 Å². The fourth-order valence-corrected chi connectivity index (χ4v) is 9.57. The Morgan fingerprint density at radius 2 is 1.61 bits per heavy atom. The highest BCUT2D eigenvalue weighted by molar-refractivity contribution is 6.31. The van der Waals surface area contributed by atoms with Crippen molar-refractivity contribution in [2.24, 2.45) is 5.92 Å². The monoisotopic (exact) mass is 777 g/mol. The molecule has 1 unspecified atom stereocenters. The second kappa shape index (κ2) is 14.7. The second-order valence-electron chi connectivity index (χ2n) is 16.0. The van der Waals surface area contributed by atoms with Crippen LogP contribution in [-0.4, -0.2) is 107 Å². The molecule has 290 valence electrons. The number of amides is 4. The maximum atomic E-state index is 13.1. The van der Waals surface area contributed by atoms with Gasteiger partial charge in [0.15, 0.2) is 11.6 Å². The van der Waals surface area contributed by atoms with Gasteiger partial charge in [0.1, 0.15) is 23.4 Å². The Morgan fingerprint density at radius 1 is 0.857 bits per heavy atom.